The van der Waals surface area contributed by atoms with Gasteiger partial charge in [-0.05, 0) is 6.92 Å². The molecule has 25 atom stereocenters. The number of nitrogens with one attached hydrogen (secondary N) is 2. The van der Waals surface area contributed by atoms with Gasteiger partial charge in [-0.3, -0.25) is 9.59 Å². The molecule has 0 bridgehead atoms. The molecule has 0 aromatic rings. The Bertz CT molecular complexity index is 1420. The van der Waals surface area contributed by atoms with Crippen LogP contribution in [0.4, 0.5) is 0 Å². The quantitative estimate of drug-likeness (QED) is 0.0770. The number of hydrogen-bond donors (Lipinski definition) is 16. The van der Waals surface area contributed by atoms with E-state index < -0.39 is 192 Å². The predicted octanol–water partition coefficient (Wildman–Crippen LogP) is -10.6. The normalized spacial score (nSPS) is 49.6. The first kappa shape index (κ1) is 50.0. The maximum absolute atomic E-state index is 12.8. The Balaban J connectivity index is 1.51. The summed E-state index contributed by atoms with van der Waals surface area (Å²) >= 11 is 0. The van der Waals surface area contributed by atoms with E-state index in [1.807, 2.05) is 0 Å². The van der Waals surface area contributed by atoms with Crippen molar-refractivity contribution in [2.24, 2.45) is 0 Å². The first-order chi connectivity index (χ1) is 28.8. The van der Waals surface area contributed by atoms with E-state index in [1.165, 1.54) is 6.92 Å². The summed E-state index contributed by atoms with van der Waals surface area (Å²) in [7, 11) is 0. The molecule has 5 aliphatic heterocycles. The Morgan fingerprint density at radius 2 is 0.852 bits per heavy atom. The molecule has 0 saturated carbocycles. The highest BCUT2D eigenvalue weighted by atomic mass is 16.8. The lowest BCUT2D eigenvalue weighted by molar-refractivity contribution is -0.391. The van der Waals surface area contributed by atoms with E-state index in [0.29, 0.717) is 0 Å². The van der Waals surface area contributed by atoms with Crippen LogP contribution in [0.5, 0.6) is 0 Å². The molecular weight excluding hydrogens is 836 g/mol. The van der Waals surface area contributed by atoms with Crippen LogP contribution in [0.15, 0.2) is 0 Å². The molecule has 5 fully saturated rings. The highest BCUT2D eigenvalue weighted by Crippen LogP contribution is 2.37. The van der Waals surface area contributed by atoms with Crippen molar-refractivity contribution in [2.45, 2.75) is 174 Å². The van der Waals surface area contributed by atoms with Crippen molar-refractivity contribution in [3.63, 3.8) is 0 Å². The van der Waals surface area contributed by atoms with Gasteiger partial charge in [0.15, 0.2) is 31.5 Å². The first-order valence-corrected chi connectivity index (χ1v) is 19.5. The number of carbonyl (C=O) groups is 2. The molecule has 61 heavy (non-hydrogen) atoms. The fraction of sp³-hybridized carbons (Fsp3) is 0.941. The van der Waals surface area contributed by atoms with Crippen LogP contribution in [0, 0.1) is 0 Å². The topological polar surface area (TPSA) is 424 Å². The highest BCUT2D eigenvalue weighted by molar-refractivity contribution is 5.73. The van der Waals surface area contributed by atoms with Crippen molar-refractivity contribution in [1.29, 1.82) is 0 Å². The Morgan fingerprint density at radius 1 is 0.426 bits per heavy atom. The molecule has 0 aromatic heterocycles. The van der Waals surface area contributed by atoms with Gasteiger partial charge in [-0.15, -0.1) is 0 Å². The number of hydrogen-bond acceptors (Lipinski definition) is 25. The zero-order valence-electron chi connectivity index (χ0n) is 33.0. The highest BCUT2D eigenvalue weighted by Gasteiger charge is 2.58. The van der Waals surface area contributed by atoms with Crippen LogP contribution >= 0.6 is 0 Å². The minimum atomic E-state index is -2.15. The van der Waals surface area contributed by atoms with Gasteiger partial charge in [0.2, 0.25) is 11.8 Å². The van der Waals surface area contributed by atoms with Crippen molar-refractivity contribution in [1.82, 2.24) is 10.6 Å². The number of amides is 2. The molecule has 27 nitrogen and oxygen atoms in total. The average Bonchev–Trinajstić information content (AvgIpc) is 3.22. The fourth-order valence-corrected chi connectivity index (χ4v) is 7.77. The Hall–Kier alpha value is -1.98. The summed E-state index contributed by atoms with van der Waals surface area (Å²) in [6.45, 7) is -0.302. The van der Waals surface area contributed by atoms with E-state index >= 15 is 0 Å². The second-order valence-corrected chi connectivity index (χ2v) is 15.4. The zero-order chi connectivity index (χ0) is 45.2. The van der Waals surface area contributed by atoms with Crippen LogP contribution in [-0.2, 0) is 52.2 Å². The van der Waals surface area contributed by atoms with Gasteiger partial charge in [0.1, 0.15) is 116 Å². The van der Waals surface area contributed by atoms with Crippen molar-refractivity contribution in [2.75, 3.05) is 26.4 Å². The van der Waals surface area contributed by atoms with Gasteiger partial charge < -0.3 is 125 Å². The van der Waals surface area contributed by atoms with Gasteiger partial charge in [-0.2, -0.15) is 0 Å². The minimum Gasteiger partial charge on any atom is -0.394 e. The smallest absolute Gasteiger partial charge is 0.217 e. The molecule has 5 rings (SSSR count). The van der Waals surface area contributed by atoms with Crippen LogP contribution in [0.1, 0.15) is 20.8 Å². The van der Waals surface area contributed by atoms with Crippen molar-refractivity contribution in [3.8, 4) is 0 Å². The second-order valence-electron chi connectivity index (χ2n) is 15.4. The van der Waals surface area contributed by atoms with E-state index in [0.717, 1.165) is 13.8 Å². The van der Waals surface area contributed by atoms with Crippen LogP contribution < -0.4 is 10.6 Å². The second kappa shape index (κ2) is 21.3. The van der Waals surface area contributed by atoms with E-state index in [-0.39, 0.29) is 0 Å². The summed E-state index contributed by atoms with van der Waals surface area (Å²) in [5.74, 6) is -1.52. The molecule has 16 N–H and O–H groups in total. The van der Waals surface area contributed by atoms with Crippen molar-refractivity contribution >= 4 is 11.8 Å². The summed E-state index contributed by atoms with van der Waals surface area (Å²) in [6, 6.07) is -3.25. The maximum Gasteiger partial charge on any atom is 0.217 e. The largest absolute Gasteiger partial charge is 0.394 e. The number of rotatable bonds is 14. The maximum atomic E-state index is 12.8. The zero-order valence-corrected chi connectivity index (χ0v) is 33.0. The summed E-state index contributed by atoms with van der Waals surface area (Å²) in [6.07, 6.45) is -41.6. The van der Waals surface area contributed by atoms with E-state index in [2.05, 4.69) is 10.6 Å². The monoisotopic (exact) mass is 894 g/mol. The standard InChI is InChI=1S/C34H58N2O25/c1-8-17(43)21(47)23(49)32(53-8)60-28-16(36-10(3)42)31(58-26-13(6-39)54-30(52)15(20(26)46)35-9(2)41)57-14(7-40)27(28)59-34-25(51)29(19(45)12(5-38)56-34)61-33-24(50)22(48)18(44)11(4-37)55-33/h8,11-34,37-40,43-52H,4-7H2,1-3H3,(H,35,41)(H,36,42)/t8-,11+,12+,13+,14+,15+,16+,17+,18+,19+,20+,21+,22-,23-,24-,25-,26+,27+,28+,29-,30?,31-,32-,33+,34-/m0/s1. The van der Waals surface area contributed by atoms with Gasteiger partial charge in [-0.1, -0.05) is 0 Å². The third kappa shape index (κ3) is 10.8. The van der Waals surface area contributed by atoms with Gasteiger partial charge in [0, 0.05) is 13.8 Å². The SMILES string of the molecule is CC(=O)N[C@H]1[C@H](O[C@H]2[C@H](O)[C@@H](NC(C)=O)C(O)O[C@@H]2CO)O[C@H](CO)[C@@H](O[C@@H]2O[C@H](CO)[C@@H](O)[C@H](O[C@H]3O[C@H](CO)[C@@H](O)[C@H](O)[C@@H]3O)[C@@H]2O)[C@@H]1O[C@@H]1O[C@@H](C)[C@@H](O)[C@@H](O)[C@@H]1O. The van der Waals surface area contributed by atoms with Crippen LogP contribution in [0.25, 0.3) is 0 Å². The number of carbonyl (C=O) groups excluding carboxylic acids is 2. The number of ether oxygens (including phenoxy) is 9. The van der Waals surface area contributed by atoms with Crippen LogP contribution in [0.3, 0.4) is 0 Å². The lowest BCUT2D eigenvalue weighted by atomic mass is 9.93. The first-order valence-electron chi connectivity index (χ1n) is 19.5. The molecular formula is C34H58N2O25. The summed E-state index contributed by atoms with van der Waals surface area (Å²) in [5.41, 5.74) is 0. The van der Waals surface area contributed by atoms with Gasteiger partial charge in [0.25, 0.3) is 0 Å². The molecule has 0 spiro atoms. The van der Waals surface area contributed by atoms with Gasteiger partial charge in [-0.25, -0.2) is 0 Å². The van der Waals surface area contributed by atoms with E-state index in [9.17, 15) is 81.1 Å². The molecule has 0 aromatic carbocycles. The van der Waals surface area contributed by atoms with Gasteiger partial charge in [0.05, 0.1) is 32.5 Å². The lowest BCUT2D eigenvalue weighted by Gasteiger charge is -2.52. The van der Waals surface area contributed by atoms with E-state index in [1.54, 1.807) is 0 Å². The average molecular weight is 895 g/mol. The van der Waals surface area contributed by atoms with Crippen LogP contribution in [0.2, 0.25) is 0 Å². The summed E-state index contributed by atoms with van der Waals surface area (Å²) < 4.78 is 52.1. The van der Waals surface area contributed by atoms with E-state index in [4.69, 9.17) is 42.6 Å². The van der Waals surface area contributed by atoms with Crippen molar-refractivity contribution in [3.05, 3.63) is 0 Å². The molecule has 2 amide bonds. The third-order valence-electron chi connectivity index (χ3n) is 11.1. The number of aliphatic hydroxyl groups excluding tert-OH is 14. The Kier molecular flexibility index (Phi) is 17.5. The Morgan fingerprint density at radius 3 is 1.41 bits per heavy atom. The third-order valence-corrected chi connectivity index (χ3v) is 11.1. The molecule has 354 valence electrons. The molecule has 5 heterocycles. The summed E-state index contributed by atoms with van der Waals surface area (Å²) in [4.78, 5) is 24.7. The molecule has 0 aliphatic carbocycles. The van der Waals surface area contributed by atoms with Crippen molar-refractivity contribution < 1.29 is 124 Å². The molecule has 5 saturated heterocycles. The molecule has 5 aliphatic rings. The predicted molar refractivity (Wildman–Crippen MR) is 188 cm³/mol. The molecule has 0 radical (unpaired) electrons. The fourth-order valence-electron chi connectivity index (χ4n) is 7.77. The molecule has 1 unspecified atom stereocenters. The number of aliphatic hydroxyl groups is 14. The lowest BCUT2D eigenvalue weighted by Crippen LogP contribution is -2.71. The van der Waals surface area contributed by atoms with Crippen LogP contribution in [-0.4, -0.2) is 263 Å². The Labute approximate surface area is 346 Å². The minimum absolute atomic E-state index is 0.705. The summed E-state index contributed by atoms with van der Waals surface area (Å²) in [5, 5.41) is 153. The van der Waals surface area contributed by atoms with Gasteiger partial charge >= 0.3 is 0 Å². The molecule has 27 heteroatoms.